The lowest BCUT2D eigenvalue weighted by Gasteiger charge is -2.42. The van der Waals surface area contributed by atoms with Crippen LogP contribution in [0.1, 0.15) is 23.6 Å². The van der Waals surface area contributed by atoms with Gasteiger partial charge in [-0.2, -0.15) is 0 Å². The molecule has 0 saturated carbocycles. The molecular formula is C22H25N5OS. The van der Waals surface area contributed by atoms with Gasteiger partial charge in [0.05, 0.1) is 0 Å². The van der Waals surface area contributed by atoms with Gasteiger partial charge in [0.1, 0.15) is 5.01 Å². The SMILES string of the molecule is CN(C)Cc1ccc2n(c1=O)C[C@H]1C[C@@H]2CN(c2nnc(-c3ccccc3)s2)C1. The van der Waals surface area contributed by atoms with Crippen LogP contribution in [0, 0.1) is 5.92 Å². The van der Waals surface area contributed by atoms with Crippen LogP contribution in [0.15, 0.2) is 47.3 Å². The van der Waals surface area contributed by atoms with Crippen molar-refractivity contribution in [2.24, 2.45) is 5.92 Å². The van der Waals surface area contributed by atoms with Crippen molar-refractivity contribution in [3.63, 3.8) is 0 Å². The fourth-order valence-electron chi connectivity index (χ4n) is 4.65. The average molecular weight is 408 g/mol. The van der Waals surface area contributed by atoms with Gasteiger partial charge in [-0.15, -0.1) is 10.2 Å². The molecule has 2 aliphatic heterocycles. The molecule has 1 fully saturated rings. The molecule has 2 aromatic heterocycles. The molecule has 0 aliphatic carbocycles. The Morgan fingerprint density at radius 1 is 1.07 bits per heavy atom. The lowest BCUT2D eigenvalue weighted by atomic mass is 9.83. The van der Waals surface area contributed by atoms with Gasteiger partial charge in [0.2, 0.25) is 5.13 Å². The minimum absolute atomic E-state index is 0.182. The fourth-order valence-corrected chi connectivity index (χ4v) is 5.52. The minimum atomic E-state index is 0.182. The van der Waals surface area contributed by atoms with Gasteiger partial charge in [-0.3, -0.25) is 4.79 Å². The van der Waals surface area contributed by atoms with E-state index in [2.05, 4.69) is 38.2 Å². The maximum absolute atomic E-state index is 13.0. The van der Waals surface area contributed by atoms with E-state index in [0.29, 0.717) is 18.4 Å². The Hall–Kier alpha value is -2.51. The quantitative estimate of drug-likeness (QED) is 0.665. The Kier molecular flexibility index (Phi) is 4.72. The molecule has 6 nitrogen and oxygen atoms in total. The van der Waals surface area contributed by atoms with Crippen molar-refractivity contribution in [3.05, 3.63) is 64.1 Å². The molecule has 5 rings (SSSR count). The van der Waals surface area contributed by atoms with Crippen LogP contribution in [0.3, 0.4) is 0 Å². The zero-order valence-corrected chi connectivity index (χ0v) is 17.6. The smallest absolute Gasteiger partial charge is 0.255 e. The summed E-state index contributed by atoms with van der Waals surface area (Å²) in [5.41, 5.74) is 3.35. The van der Waals surface area contributed by atoms with E-state index < -0.39 is 0 Å². The van der Waals surface area contributed by atoms with Crippen LogP contribution in [0.4, 0.5) is 5.13 Å². The number of fused-ring (bicyclic) bond motifs is 4. The van der Waals surface area contributed by atoms with Crippen LogP contribution in [0.25, 0.3) is 10.6 Å². The predicted molar refractivity (Wildman–Crippen MR) is 116 cm³/mol. The predicted octanol–water partition coefficient (Wildman–Crippen LogP) is 3.05. The Morgan fingerprint density at radius 3 is 2.69 bits per heavy atom. The number of hydrogen-bond donors (Lipinski definition) is 0. The first kappa shape index (κ1) is 18.5. The van der Waals surface area contributed by atoms with Gasteiger partial charge in [0.25, 0.3) is 5.56 Å². The molecule has 2 atom stereocenters. The van der Waals surface area contributed by atoms with Crippen LogP contribution in [0.2, 0.25) is 0 Å². The van der Waals surface area contributed by atoms with Crippen molar-refractivity contribution < 1.29 is 0 Å². The van der Waals surface area contributed by atoms with Crippen LogP contribution >= 0.6 is 11.3 Å². The lowest BCUT2D eigenvalue weighted by molar-refractivity contribution is 0.279. The molecule has 150 valence electrons. The monoisotopic (exact) mass is 407 g/mol. The number of nitrogens with zero attached hydrogens (tertiary/aromatic N) is 5. The van der Waals surface area contributed by atoms with Gasteiger partial charge in [0.15, 0.2) is 0 Å². The summed E-state index contributed by atoms with van der Waals surface area (Å²) in [4.78, 5) is 17.4. The van der Waals surface area contributed by atoms with E-state index in [0.717, 1.165) is 47.3 Å². The van der Waals surface area contributed by atoms with E-state index in [-0.39, 0.29) is 5.56 Å². The maximum atomic E-state index is 13.0. The number of anilines is 1. The van der Waals surface area contributed by atoms with Gasteiger partial charge < -0.3 is 14.4 Å². The third-order valence-corrected chi connectivity index (χ3v) is 6.91. The highest BCUT2D eigenvalue weighted by molar-refractivity contribution is 7.18. The largest absolute Gasteiger partial charge is 0.346 e. The summed E-state index contributed by atoms with van der Waals surface area (Å²) in [6, 6.07) is 14.4. The molecule has 1 saturated heterocycles. The van der Waals surface area contributed by atoms with Crippen molar-refractivity contribution in [1.82, 2.24) is 19.7 Å². The van der Waals surface area contributed by atoms with Crippen LogP contribution < -0.4 is 10.5 Å². The zero-order chi connectivity index (χ0) is 20.0. The van der Waals surface area contributed by atoms with E-state index >= 15 is 0 Å². The molecule has 1 aromatic carbocycles. The lowest BCUT2D eigenvalue weighted by Crippen LogP contribution is -2.47. The second-order valence-corrected chi connectivity index (χ2v) is 9.35. The van der Waals surface area contributed by atoms with Crippen LogP contribution in [-0.2, 0) is 13.1 Å². The van der Waals surface area contributed by atoms with E-state index in [4.69, 9.17) is 0 Å². The van der Waals surface area contributed by atoms with Gasteiger partial charge in [-0.05, 0) is 32.5 Å². The third-order valence-electron chi connectivity index (χ3n) is 5.88. The molecule has 3 aromatic rings. The summed E-state index contributed by atoms with van der Waals surface area (Å²) in [7, 11) is 4.00. The summed E-state index contributed by atoms with van der Waals surface area (Å²) in [6.07, 6.45) is 1.15. The number of hydrogen-bond acceptors (Lipinski definition) is 6. The average Bonchev–Trinajstić information content (AvgIpc) is 3.21. The fraction of sp³-hybridized carbons (Fsp3) is 0.409. The molecule has 2 bridgehead atoms. The number of benzene rings is 1. The van der Waals surface area contributed by atoms with Gasteiger partial charge in [-0.25, -0.2) is 0 Å². The van der Waals surface area contributed by atoms with Crippen molar-refractivity contribution >= 4 is 16.5 Å². The van der Waals surface area contributed by atoms with Crippen LogP contribution in [0.5, 0.6) is 0 Å². The maximum Gasteiger partial charge on any atom is 0.255 e. The molecule has 0 N–H and O–H groups in total. The highest BCUT2D eigenvalue weighted by atomic mass is 32.1. The Labute approximate surface area is 174 Å². The summed E-state index contributed by atoms with van der Waals surface area (Å²) < 4.78 is 2.03. The van der Waals surface area contributed by atoms with Crippen molar-refractivity contribution in [2.45, 2.75) is 25.4 Å². The highest BCUT2D eigenvalue weighted by Gasteiger charge is 2.36. The Morgan fingerprint density at radius 2 is 1.90 bits per heavy atom. The summed E-state index contributed by atoms with van der Waals surface area (Å²) >= 11 is 1.65. The van der Waals surface area contributed by atoms with Crippen molar-refractivity contribution in [2.75, 3.05) is 32.1 Å². The normalized spacial score (nSPS) is 20.7. The molecule has 2 aliphatic rings. The topological polar surface area (TPSA) is 54.3 Å². The molecule has 7 heteroatoms. The summed E-state index contributed by atoms with van der Waals surface area (Å²) in [5, 5.41) is 10.8. The molecule has 0 unspecified atom stereocenters. The molecule has 4 heterocycles. The van der Waals surface area contributed by atoms with Crippen molar-refractivity contribution in [3.8, 4) is 10.6 Å². The first-order valence-electron chi connectivity index (χ1n) is 10.1. The van der Waals surface area contributed by atoms with E-state index in [9.17, 15) is 4.79 Å². The number of pyridine rings is 1. The van der Waals surface area contributed by atoms with E-state index in [1.165, 1.54) is 5.69 Å². The minimum Gasteiger partial charge on any atom is -0.346 e. The Balaban J connectivity index is 1.41. The Bertz CT molecular complexity index is 1070. The third kappa shape index (κ3) is 3.49. The van der Waals surface area contributed by atoms with Crippen molar-refractivity contribution in [1.29, 1.82) is 0 Å². The molecule has 0 amide bonds. The van der Waals surface area contributed by atoms with E-state index in [1.54, 1.807) is 11.3 Å². The molecule has 0 radical (unpaired) electrons. The van der Waals surface area contributed by atoms with Crippen LogP contribution in [-0.4, -0.2) is 46.8 Å². The first-order valence-corrected chi connectivity index (χ1v) is 10.9. The highest BCUT2D eigenvalue weighted by Crippen LogP contribution is 2.38. The summed E-state index contributed by atoms with van der Waals surface area (Å²) in [6.45, 7) is 3.32. The molecule has 0 spiro atoms. The first-order chi connectivity index (χ1) is 14.1. The zero-order valence-electron chi connectivity index (χ0n) is 16.8. The number of rotatable bonds is 4. The van der Waals surface area contributed by atoms with Gasteiger partial charge in [-0.1, -0.05) is 47.7 Å². The molecule has 29 heavy (non-hydrogen) atoms. The standard InChI is InChI=1S/C22H25N5OS/c1-25(2)13-17-8-9-19-18-10-15(12-27(19)21(17)28)11-26(14-18)22-24-23-20(29-22)16-6-4-3-5-7-16/h3-9,15,18H,10-14H2,1-2H3/t15-,18+/m0/s1. The van der Waals surface area contributed by atoms with Gasteiger partial charge >= 0.3 is 0 Å². The second-order valence-electron chi connectivity index (χ2n) is 8.40. The summed E-state index contributed by atoms with van der Waals surface area (Å²) in [5.74, 6) is 0.838. The van der Waals surface area contributed by atoms with E-state index in [1.807, 2.05) is 42.9 Å². The van der Waals surface area contributed by atoms with Gasteiger partial charge in [0, 0.05) is 48.9 Å². The second kappa shape index (κ2) is 7.39. The molecular weight excluding hydrogens is 382 g/mol. The number of aromatic nitrogens is 3. The number of piperidine rings is 1.